The fourth-order valence-corrected chi connectivity index (χ4v) is 4.42. The number of rotatable bonds is 3. The first-order valence-corrected chi connectivity index (χ1v) is 9.51. The van der Waals surface area contributed by atoms with E-state index in [1.807, 2.05) is 0 Å². The summed E-state index contributed by atoms with van der Waals surface area (Å²) in [5.41, 5.74) is -0.177. The van der Waals surface area contributed by atoms with E-state index < -0.39 is 21.7 Å². The first kappa shape index (κ1) is 17.8. The fraction of sp³-hybridized carbons (Fsp3) is 0.235. The van der Waals surface area contributed by atoms with Gasteiger partial charge in [0.05, 0.1) is 15.5 Å². The Kier molecular flexibility index (Phi) is 5.08. The molecule has 132 valence electrons. The number of hydrogen-bond acceptors (Lipinski definition) is 3. The Morgan fingerprint density at radius 3 is 2.20 bits per heavy atom. The molecule has 0 aliphatic carbocycles. The lowest BCUT2D eigenvalue weighted by Crippen LogP contribution is -2.50. The molecule has 0 unspecified atom stereocenters. The molecule has 3 rings (SSSR count). The van der Waals surface area contributed by atoms with Crippen LogP contribution in [0, 0.1) is 5.82 Å². The molecule has 5 nitrogen and oxygen atoms in total. The number of hydrogen-bond donors (Lipinski definition) is 0. The van der Waals surface area contributed by atoms with E-state index >= 15 is 0 Å². The van der Waals surface area contributed by atoms with Gasteiger partial charge in [-0.3, -0.25) is 4.79 Å². The molecule has 0 radical (unpaired) electrons. The van der Waals surface area contributed by atoms with Crippen LogP contribution in [0.4, 0.5) is 4.39 Å². The highest BCUT2D eigenvalue weighted by Gasteiger charge is 2.31. The van der Waals surface area contributed by atoms with Crippen LogP contribution in [0.25, 0.3) is 0 Å². The number of nitrogens with zero attached hydrogens (tertiary/aromatic N) is 2. The molecule has 25 heavy (non-hydrogen) atoms. The Morgan fingerprint density at radius 1 is 0.960 bits per heavy atom. The minimum absolute atomic E-state index is 0.0457. The van der Waals surface area contributed by atoms with Gasteiger partial charge in [0.1, 0.15) is 5.82 Å². The molecule has 2 aromatic carbocycles. The van der Waals surface area contributed by atoms with Crippen molar-refractivity contribution in [1.29, 1.82) is 0 Å². The topological polar surface area (TPSA) is 57.7 Å². The van der Waals surface area contributed by atoms with Crippen molar-refractivity contribution < 1.29 is 17.6 Å². The van der Waals surface area contributed by atoms with Gasteiger partial charge in [0.15, 0.2) is 0 Å². The summed E-state index contributed by atoms with van der Waals surface area (Å²) >= 11 is 5.93. The number of benzene rings is 2. The molecule has 1 fully saturated rings. The third-order valence-electron chi connectivity index (χ3n) is 4.08. The predicted octanol–water partition coefficient (Wildman–Crippen LogP) is 2.63. The Morgan fingerprint density at radius 2 is 1.60 bits per heavy atom. The zero-order valence-corrected chi connectivity index (χ0v) is 14.8. The smallest absolute Gasteiger partial charge is 0.258 e. The Labute approximate surface area is 150 Å². The second kappa shape index (κ2) is 7.11. The van der Waals surface area contributed by atoms with Gasteiger partial charge in [-0.15, -0.1) is 0 Å². The van der Waals surface area contributed by atoms with Crippen LogP contribution in [-0.2, 0) is 10.0 Å². The molecule has 1 aliphatic rings. The SMILES string of the molecule is O=C(c1c(F)cccc1Cl)N1CCN(S(=O)(=O)c2ccccc2)CC1. The molecular weight excluding hydrogens is 367 g/mol. The highest BCUT2D eigenvalue weighted by Crippen LogP contribution is 2.23. The van der Waals surface area contributed by atoms with Crippen LogP contribution >= 0.6 is 11.6 Å². The monoisotopic (exact) mass is 382 g/mol. The van der Waals surface area contributed by atoms with Crippen molar-refractivity contribution in [2.45, 2.75) is 4.90 Å². The fourth-order valence-electron chi connectivity index (χ4n) is 2.73. The van der Waals surface area contributed by atoms with Gasteiger partial charge >= 0.3 is 0 Å². The average Bonchev–Trinajstić information content (AvgIpc) is 2.62. The van der Waals surface area contributed by atoms with Gasteiger partial charge in [0.2, 0.25) is 10.0 Å². The molecule has 1 aliphatic heterocycles. The highest BCUT2D eigenvalue weighted by molar-refractivity contribution is 7.89. The number of carbonyl (C=O) groups excluding carboxylic acids is 1. The van der Waals surface area contributed by atoms with Crippen LogP contribution in [0.15, 0.2) is 53.4 Å². The largest absolute Gasteiger partial charge is 0.336 e. The van der Waals surface area contributed by atoms with E-state index in [2.05, 4.69) is 0 Å². The lowest BCUT2D eigenvalue weighted by molar-refractivity contribution is 0.0693. The summed E-state index contributed by atoms with van der Waals surface area (Å²) < 4.78 is 40.4. The van der Waals surface area contributed by atoms with Crippen molar-refractivity contribution >= 4 is 27.5 Å². The molecule has 0 N–H and O–H groups in total. The Bertz CT molecular complexity index is 862. The van der Waals surface area contributed by atoms with Gasteiger partial charge in [-0.25, -0.2) is 12.8 Å². The third-order valence-corrected chi connectivity index (χ3v) is 6.31. The normalized spacial score (nSPS) is 16.0. The average molecular weight is 383 g/mol. The van der Waals surface area contributed by atoms with Crippen LogP contribution in [0.1, 0.15) is 10.4 Å². The standard InChI is InChI=1S/C17H16ClFN2O3S/c18-14-7-4-8-15(19)16(14)17(22)20-9-11-21(12-10-20)25(23,24)13-5-2-1-3-6-13/h1-8H,9-12H2. The lowest BCUT2D eigenvalue weighted by atomic mass is 10.1. The van der Waals surface area contributed by atoms with Crippen molar-refractivity contribution in [3.8, 4) is 0 Å². The maximum absolute atomic E-state index is 13.9. The minimum atomic E-state index is -3.60. The van der Waals surface area contributed by atoms with Crippen LogP contribution in [-0.4, -0.2) is 49.7 Å². The van der Waals surface area contributed by atoms with Crippen molar-refractivity contribution in [2.24, 2.45) is 0 Å². The molecule has 0 spiro atoms. The van der Waals surface area contributed by atoms with E-state index in [9.17, 15) is 17.6 Å². The summed E-state index contributed by atoms with van der Waals surface area (Å²) in [4.78, 5) is 14.1. The predicted molar refractivity (Wildman–Crippen MR) is 92.5 cm³/mol. The summed E-state index contributed by atoms with van der Waals surface area (Å²) in [6.45, 7) is 0.648. The number of carbonyl (C=O) groups is 1. The van der Waals surface area contributed by atoms with E-state index in [0.717, 1.165) is 0 Å². The molecule has 1 saturated heterocycles. The second-order valence-electron chi connectivity index (χ2n) is 5.61. The van der Waals surface area contributed by atoms with Crippen LogP contribution < -0.4 is 0 Å². The molecule has 2 aromatic rings. The summed E-state index contributed by atoms with van der Waals surface area (Å²) in [5.74, 6) is -1.21. The third kappa shape index (κ3) is 3.53. The summed E-state index contributed by atoms with van der Waals surface area (Å²) in [5, 5.41) is 0.0457. The lowest BCUT2D eigenvalue weighted by Gasteiger charge is -2.34. The maximum atomic E-state index is 13.9. The second-order valence-corrected chi connectivity index (χ2v) is 7.95. The van der Waals surface area contributed by atoms with Crippen molar-refractivity contribution in [3.05, 3.63) is 64.9 Å². The first-order valence-electron chi connectivity index (χ1n) is 7.70. The summed E-state index contributed by atoms with van der Waals surface area (Å²) in [6.07, 6.45) is 0. The minimum Gasteiger partial charge on any atom is -0.336 e. The molecular formula is C17H16ClFN2O3S. The molecule has 1 heterocycles. The summed E-state index contributed by atoms with van der Waals surface area (Å²) in [7, 11) is -3.60. The number of amides is 1. The highest BCUT2D eigenvalue weighted by atomic mass is 35.5. The van der Waals surface area contributed by atoms with Crippen molar-refractivity contribution in [2.75, 3.05) is 26.2 Å². The summed E-state index contributed by atoms with van der Waals surface area (Å²) in [6, 6.07) is 12.2. The molecule has 0 saturated carbocycles. The van der Waals surface area contributed by atoms with Crippen molar-refractivity contribution in [1.82, 2.24) is 9.21 Å². The molecule has 0 bridgehead atoms. The van der Waals surface area contributed by atoms with Crippen LogP contribution in [0.5, 0.6) is 0 Å². The van der Waals surface area contributed by atoms with E-state index in [1.54, 1.807) is 18.2 Å². The first-order chi connectivity index (χ1) is 11.9. The van der Waals surface area contributed by atoms with Gasteiger partial charge in [-0.1, -0.05) is 35.9 Å². The number of sulfonamides is 1. The molecule has 8 heteroatoms. The molecule has 1 amide bonds. The van der Waals surface area contributed by atoms with Crippen molar-refractivity contribution in [3.63, 3.8) is 0 Å². The van der Waals surface area contributed by atoms with E-state index in [4.69, 9.17) is 11.6 Å². The van der Waals surface area contributed by atoms with E-state index in [1.165, 1.54) is 39.5 Å². The quantitative estimate of drug-likeness (QED) is 0.820. The van der Waals surface area contributed by atoms with Gasteiger partial charge in [-0.05, 0) is 24.3 Å². The van der Waals surface area contributed by atoms with Gasteiger partial charge in [0.25, 0.3) is 5.91 Å². The van der Waals surface area contributed by atoms with Crippen LogP contribution in [0.3, 0.4) is 0 Å². The zero-order valence-electron chi connectivity index (χ0n) is 13.2. The number of piperazine rings is 1. The molecule has 0 atom stereocenters. The Balaban J connectivity index is 1.73. The maximum Gasteiger partial charge on any atom is 0.258 e. The van der Waals surface area contributed by atoms with Gasteiger partial charge in [0, 0.05) is 26.2 Å². The molecule has 0 aromatic heterocycles. The van der Waals surface area contributed by atoms with Gasteiger partial charge in [-0.2, -0.15) is 4.31 Å². The zero-order chi connectivity index (χ0) is 18.0. The Hall–Kier alpha value is -1.96. The number of halogens is 2. The van der Waals surface area contributed by atoms with Crippen LogP contribution in [0.2, 0.25) is 5.02 Å². The van der Waals surface area contributed by atoms with E-state index in [0.29, 0.717) is 0 Å². The van der Waals surface area contributed by atoms with Gasteiger partial charge < -0.3 is 4.90 Å². The van der Waals surface area contributed by atoms with E-state index in [-0.39, 0.29) is 41.7 Å².